The van der Waals surface area contributed by atoms with Crippen molar-refractivity contribution >= 4 is 22.7 Å². The number of nitrogens with zero attached hydrogens (tertiary/aromatic N) is 3. The summed E-state index contributed by atoms with van der Waals surface area (Å²) in [5.74, 6) is 1.80. The minimum Gasteiger partial charge on any atom is -0.378 e. The average molecular weight is 340 g/mol. The molecule has 1 fully saturated rings. The molecule has 1 aromatic carbocycles. The van der Waals surface area contributed by atoms with E-state index in [0.717, 1.165) is 81.6 Å². The van der Waals surface area contributed by atoms with E-state index >= 15 is 0 Å². The monoisotopic (exact) mass is 340 g/mol. The summed E-state index contributed by atoms with van der Waals surface area (Å²) in [5, 5.41) is 3.51. The minimum atomic E-state index is 0.737. The molecule has 6 nitrogen and oxygen atoms in total. The summed E-state index contributed by atoms with van der Waals surface area (Å²) < 4.78 is 10.9. The molecule has 1 aromatic heterocycles. The molecule has 0 bridgehead atoms. The number of hydrogen-bond acceptors (Lipinski definition) is 6. The van der Waals surface area contributed by atoms with Crippen molar-refractivity contribution in [2.75, 3.05) is 56.3 Å². The number of nitrogens with one attached hydrogen (secondary N) is 1. The van der Waals surface area contributed by atoms with E-state index in [4.69, 9.17) is 19.4 Å². The van der Waals surface area contributed by atoms with Crippen molar-refractivity contribution in [3.05, 3.63) is 35.9 Å². The van der Waals surface area contributed by atoms with Crippen LogP contribution in [0.25, 0.3) is 11.0 Å². The van der Waals surface area contributed by atoms with Gasteiger partial charge in [0, 0.05) is 19.6 Å². The Morgan fingerprint density at radius 3 is 2.56 bits per heavy atom. The summed E-state index contributed by atoms with van der Waals surface area (Å²) in [4.78, 5) is 12.0. The van der Waals surface area contributed by atoms with Crippen LogP contribution in [0.5, 0.6) is 0 Å². The number of morpholine rings is 1. The lowest BCUT2D eigenvalue weighted by Gasteiger charge is -2.29. The molecule has 25 heavy (non-hydrogen) atoms. The Balaban J connectivity index is 1.55. The molecule has 6 heteroatoms. The summed E-state index contributed by atoms with van der Waals surface area (Å²) in [6.45, 7) is 5.61. The number of benzene rings is 1. The molecule has 0 aliphatic carbocycles. The van der Waals surface area contributed by atoms with E-state index in [1.807, 2.05) is 24.3 Å². The van der Waals surface area contributed by atoms with Crippen LogP contribution in [-0.2, 0) is 9.47 Å². The highest BCUT2D eigenvalue weighted by molar-refractivity contribution is 5.80. The fourth-order valence-corrected chi connectivity index (χ4v) is 3.24. The molecule has 132 valence electrons. The van der Waals surface area contributed by atoms with Gasteiger partial charge in [-0.2, -0.15) is 0 Å². The van der Waals surface area contributed by atoms with Crippen LogP contribution in [0.4, 0.5) is 11.6 Å². The quantitative estimate of drug-likeness (QED) is 0.845. The minimum absolute atomic E-state index is 0.737. The van der Waals surface area contributed by atoms with Crippen LogP contribution in [0, 0.1) is 0 Å². The Bertz CT molecular complexity index is 756. The van der Waals surface area contributed by atoms with Crippen LogP contribution in [-0.4, -0.2) is 56.0 Å². The molecule has 3 heterocycles. The molecule has 1 N–H and O–H groups in total. The molecule has 0 atom stereocenters. The van der Waals surface area contributed by atoms with Gasteiger partial charge in [0.15, 0.2) is 11.6 Å². The summed E-state index contributed by atoms with van der Waals surface area (Å²) in [6, 6.07) is 8.04. The second kappa shape index (κ2) is 7.80. The van der Waals surface area contributed by atoms with Gasteiger partial charge in [-0.3, -0.25) is 0 Å². The summed E-state index contributed by atoms with van der Waals surface area (Å²) in [5.41, 5.74) is 3.31. The SMILES string of the molecule is C1=C(CCNc2nc3ccccc3nc2N2CCOCC2)CCOC1. The molecule has 0 radical (unpaired) electrons. The van der Waals surface area contributed by atoms with Gasteiger partial charge in [-0.1, -0.05) is 23.8 Å². The molecular formula is C19H24N4O2. The van der Waals surface area contributed by atoms with Gasteiger partial charge in [0.05, 0.1) is 37.5 Å². The van der Waals surface area contributed by atoms with Gasteiger partial charge >= 0.3 is 0 Å². The fraction of sp³-hybridized carbons (Fsp3) is 0.474. The smallest absolute Gasteiger partial charge is 0.172 e. The van der Waals surface area contributed by atoms with Crippen molar-refractivity contribution < 1.29 is 9.47 Å². The number of anilines is 2. The Morgan fingerprint density at radius 2 is 1.80 bits per heavy atom. The maximum atomic E-state index is 5.48. The molecular weight excluding hydrogens is 316 g/mol. The molecule has 2 aromatic rings. The largest absolute Gasteiger partial charge is 0.378 e. The lowest BCUT2D eigenvalue weighted by atomic mass is 10.1. The topological polar surface area (TPSA) is 59.5 Å². The first-order valence-corrected chi connectivity index (χ1v) is 8.99. The van der Waals surface area contributed by atoms with E-state index in [1.54, 1.807) is 0 Å². The van der Waals surface area contributed by atoms with Crippen molar-refractivity contribution in [3.8, 4) is 0 Å². The Labute approximate surface area is 147 Å². The van der Waals surface area contributed by atoms with Gasteiger partial charge in [-0.15, -0.1) is 0 Å². The molecule has 4 rings (SSSR count). The molecule has 1 saturated heterocycles. The molecule has 2 aliphatic rings. The van der Waals surface area contributed by atoms with E-state index in [0.29, 0.717) is 0 Å². The lowest BCUT2D eigenvalue weighted by Crippen LogP contribution is -2.37. The third-order valence-corrected chi connectivity index (χ3v) is 4.66. The van der Waals surface area contributed by atoms with E-state index in [9.17, 15) is 0 Å². The first kappa shape index (κ1) is 16.3. The van der Waals surface area contributed by atoms with E-state index < -0.39 is 0 Å². The number of hydrogen-bond donors (Lipinski definition) is 1. The van der Waals surface area contributed by atoms with E-state index in [1.165, 1.54) is 5.57 Å². The zero-order valence-electron chi connectivity index (χ0n) is 14.4. The predicted molar refractivity (Wildman–Crippen MR) is 99.2 cm³/mol. The van der Waals surface area contributed by atoms with Crippen molar-refractivity contribution in [2.24, 2.45) is 0 Å². The second-order valence-corrected chi connectivity index (χ2v) is 6.35. The zero-order valence-corrected chi connectivity index (χ0v) is 14.4. The zero-order chi connectivity index (χ0) is 16.9. The number of para-hydroxylation sites is 2. The average Bonchev–Trinajstić information content (AvgIpc) is 2.69. The van der Waals surface area contributed by atoms with Gasteiger partial charge in [-0.05, 0) is 25.0 Å². The number of fused-ring (bicyclic) bond motifs is 1. The molecule has 0 unspecified atom stereocenters. The fourth-order valence-electron chi connectivity index (χ4n) is 3.24. The van der Waals surface area contributed by atoms with Gasteiger partial charge in [-0.25, -0.2) is 9.97 Å². The Hall–Kier alpha value is -2.18. The first-order chi connectivity index (χ1) is 12.4. The third-order valence-electron chi connectivity index (χ3n) is 4.66. The highest BCUT2D eigenvalue weighted by Gasteiger charge is 2.18. The molecule has 0 amide bonds. The van der Waals surface area contributed by atoms with Crippen LogP contribution in [0.1, 0.15) is 12.8 Å². The standard InChI is InChI=1S/C19H24N4O2/c1-2-4-17-16(3-1)21-18(19(22-17)23-9-13-25-14-10-23)20-8-5-15-6-11-24-12-7-15/h1-4,6H,5,7-14H2,(H,20,21). The molecule has 0 spiro atoms. The van der Waals surface area contributed by atoms with Crippen LogP contribution in [0.15, 0.2) is 35.9 Å². The van der Waals surface area contributed by atoms with Crippen molar-refractivity contribution in [1.29, 1.82) is 0 Å². The highest BCUT2D eigenvalue weighted by atomic mass is 16.5. The van der Waals surface area contributed by atoms with Gasteiger partial charge in [0.1, 0.15) is 0 Å². The van der Waals surface area contributed by atoms with Gasteiger partial charge in [0.2, 0.25) is 0 Å². The predicted octanol–water partition coefficient (Wildman–Crippen LogP) is 2.62. The van der Waals surface area contributed by atoms with Gasteiger partial charge < -0.3 is 19.7 Å². The van der Waals surface area contributed by atoms with Crippen LogP contribution >= 0.6 is 0 Å². The van der Waals surface area contributed by atoms with Crippen molar-refractivity contribution in [2.45, 2.75) is 12.8 Å². The number of ether oxygens (including phenoxy) is 2. The molecule has 2 aliphatic heterocycles. The lowest BCUT2D eigenvalue weighted by molar-refractivity contribution is 0.122. The number of aromatic nitrogens is 2. The first-order valence-electron chi connectivity index (χ1n) is 8.99. The van der Waals surface area contributed by atoms with E-state index in [2.05, 4.69) is 16.3 Å². The van der Waals surface area contributed by atoms with Gasteiger partial charge in [0.25, 0.3) is 0 Å². The Kier molecular flexibility index (Phi) is 5.09. The number of rotatable bonds is 5. The van der Waals surface area contributed by atoms with Crippen LogP contribution < -0.4 is 10.2 Å². The third kappa shape index (κ3) is 3.91. The molecule has 0 saturated carbocycles. The van der Waals surface area contributed by atoms with Crippen LogP contribution in [0.3, 0.4) is 0 Å². The summed E-state index contributed by atoms with van der Waals surface area (Å²) >= 11 is 0. The van der Waals surface area contributed by atoms with Crippen molar-refractivity contribution in [1.82, 2.24) is 9.97 Å². The summed E-state index contributed by atoms with van der Waals surface area (Å²) in [6.07, 6.45) is 4.24. The normalized spacial score (nSPS) is 18.2. The maximum Gasteiger partial charge on any atom is 0.172 e. The Morgan fingerprint density at radius 1 is 1.00 bits per heavy atom. The highest BCUT2D eigenvalue weighted by Crippen LogP contribution is 2.26. The van der Waals surface area contributed by atoms with Crippen LogP contribution in [0.2, 0.25) is 0 Å². The second-order valence-electron chi connectivity index (χ2n) is 6.35. The summed E-state index contributed by atoms with van der Waals surface area (Å²) in [7, 11) is 0. The maximum absolute atomic E-state index is 5.48. The van der Waals surface area contributed by atoms with Crippen molar-refractivity contribution in [3.63, 3.8) is 0 Å². The van der Waals surface area contributed by atoms with E-state index in [-0.39, 0.29) is 0 Å².